The maximum atomic E-state index is 12.1. The number of hydrogen-bond donors (Lipinski definition) is 1. The van der Waals surface area contributed by atoms with E-state index in [4.69, 9.17) is 0 Å². The van der Waals surface area contributed by atoms with Crippen molar-refractivity contribution in [3.8, 4) is 0 Å². The Kier molecular flexibility index (Phi) is 4.54. The number of carbonyl (C=O) groups is 2. The third-order valence-corrected chi connectivity index (χ3v) is 2.99. The second-order valence-electron chi connectivity index (χ2n) is 5.98. The molecule has 1 saturated heterocycles. The first kappa shape index (κ1) is 14.0. The Bertz CT molecular complexity index is 294. The largest absolute Gasteiger partial charge is 0.343 e. The van der Waals surface area contributed by atoms with Gasteiger partial charge >= 0.3 is 0 Å². The molecule has 1 aliphatic rings. The average Bonchev–Trinajstić information content (AvgIpc) is 2.20. The van der Waals surface area contributed by atoms with E-state index in [-0.39, 0.29) is 29.8 Å². The van der Waals surface area contributed by atoms with Crippen LogP contribution in [0.25, 0.3) is 0 Å². The summed E-state index contributed by atoms with van der Waals surface area (Å²) in [7, 11) is 0. The molecule has 0 aromatic heterocycles. The molecular formula is C13H24N2O2. The molecule has 0 aliphatic carbocycles. The van der Waals surface area contributed by atoms with Gasteiger partial charge in [0.2, 0.25) is 11.8 Å². The van der Waals surface area contributed by atoms with Crippen LogP contribution in [0, 0.1) is 5.41 Å². The van der Waals surface area contributed by atoms with Gasteiger partial charge in [0, 0.05) is 6.54 Å². The Labute approximate surface area is 104 Å². The lowest BCUT2D eigenvalue weighted by molar-refractivity contribution is -0.144. The van der Waals surface area contributed by atoms with Gasteiger partial charge < -0.3 is 10.2 Å². The lowest BCUT2D eigenvalue weighted by atomic mass is 9.92. The number of carbonyl (C=O) groups excluding carboxylic acids is 2. The molecule has 0 aromatic rings. The van der Waals surface area contributed by atoms with Gasteiger partial charge in [-0.2, -0.15) is 0 Å². The van der Waals surface area contributed by atoms with Gasteiger partial charge in [0.05, 0.1) is 6.54 Å². The quantitative estimate of drug-likeness (QED) is 0.810. The van der Waals surface area contributed by atoms with Crippen LogP contribution >= 0.6 is 0 Å². The summed E-state index contributed by atoms with van der Waals surface area (Å²) in [4.78, 5) is 25.3. The van der Waals surface area contributed by atoms with E-state index in [2.05, 4.69) is 26.1 Å². The molecule has 0 bridgehead atoms. The maximum Gasteiger partial charge on any atom is 0.245 e. The van der Waals surface area contributed by atoms with Gasteiger partial charge in [-0.25, -0.2) is 0 Å². The molecule has 4 heteroatoms. The van der Waals surface area contributed by atoms with Crippen LogP contribution in [0.1, 0.15) is 47.0 Å². The molecule has 2 amide bonds. The highest BCUT2D eigenvalue weighted by molar-refractivity contribution is 5.94. The number of nitrogens with zero attached hydrogens (tertiary/aromatic N) is 1. The predicted molar refractivity (Wildman–Crippen MR) is 67.5 cm³/mol. The Hall–Kier alpha value is -1.06. The maximum absolute atomic E-state index is 12.1. The molecule has 1 rings (SSSR count). The highest BCUT2D eigenvalue weighted by atomic mass is 16.2. The van der Waals surface area contributed by atoms with Crippen molar-refractivity contribution in [3.05, 3.63) is 0 Å². The zero-order valence-electron chi connectivity index (χ0n) is 11.4. The van der Waals surface area contributed by atoms with Gasteiger partial charge in [-0.15, -0.1) is 0 Å². The van der Waals surface area contributed by atoms with Gasteiger partial charge in [0.25, 0.3) is 0 Å². The number of nitrogens with one attached hydrogen (secondary N) is 1. The molecule has 4 nitrogen and oxygen atoms in total. The summed E-state index contributed by atoms with van der Waals surface area (Å²) in [5, 5.41) is 2.76. The summed E-state index contributed by atoms with van der Waals surface area (Å²) in [6.07, 6.45) is 2.56. The highest BCUT2D eigenvalue weighted by Gasteiger charge is 2.32. The molecule has 1 unspecified atom stereocenters. The number of rotatable bonds is 4. The van der Waals surface area contributed by atoms with E-state index < -0.39 is 0 Å². The van der Waals surface area contributed by atoms with Gasteiger partial charge in [-0.3, -0.25) is 9.59 Å². The SMILES string of the molecule is CCCC1NC(=O)CN(CCC(C)(C)C)C1=O. The van der Waals surface area contributed by atoms with Crippen LogP contribution < -0.4 is 5.32 Å². The summed E-state index contributed by atoms with van der Waals surface area (Å²) >= 11 is 0. The molecule has 0 radical (unpaired) electrons. The van der Waals surface area contributed by atoms with Crippen LogP contribution in [0.3, 0.4) is 0 Å². The Morgan fingerprint density at radius 3 is 2.53 bits per heavy atom. The zero-order chi connectivity index (χ0) is 13.1. The number of amides is 2. The number of piperazine rings is 1. The zero-order valence-corrected chi connectivity index (χ0v) is 11.4. The molecule has 1 fully saturated rings. The fourth-order valence-electron chi connectivity index (χ4n) is 1.92. The molecule has 1 atom stereocenters. The van der Waals surface area contributed by atoms with Crippen molar-refractivity contribution in [1.29, 1.82) is 0 Å². The van der Waals surface area contributed by atoms with Gasteiger partial charge in [-0.1, -0.05) is 34.1 Å². The third kappa shape index (κ3) is 4.36. The summed E-state index contributed by atoms with van der Waals surface area (Å²) < 4.78 is 0. The average molecular weight is 240 g/mol. The van der Waals surface area contributed by atoms with Crippen LogP contribution in [-0.4, -0.2) is 35.8 Å². The topological polar surface area (TPSA) is 49.4 Å². The van der Waals surface area contributed by atoms with Gasteiger partial charge in [0.15, 0.2) is 0 Å². The van der Waals surface area contributed by atoms with Crippen LogP contribution in [-0.2, 0) is 9.59 Å². The van der Waals surface area contributed by atoms with E-state index in [1.165, 1.54) is 0 Å². The summed E-state index contributed by atoms with van der Waals surface area (Å²) in [5.74, 6) is 0.0488. The normalized spacial score (nSPS) is 21.6. The van der Waals surface area contributed by atoms with E-state index in [9.17, 15) is 9.59 Å². The molecule has 17 heavy (non-hydrogen) atoms. The fourth-order valence-corrected chi connectivity index (χ4v) is 1.92. The third-order valence-electron chi connectivity index (χ3n) is 2.99. The van der Waals surface area contributed by atoms with E-state index in [0.717, 1.165) is 19.3 Å². The van der Waals surface area contributed by atoms with E-state index in [1.54, 1.807) is 4.90 Å². The lowest BCUT2D eigenvalue weighted by Gasteiger charge is -2.34. The first-order valence-corrected chi connectivity index (χ1v) is 6.41. The first-order chi connectivity index (χ1) is 7.83. The molecule has 98 valence electrons. The van der Waals surface area contributed by atoms with Crippen molar-refractivity contribution >= 4 is 11.8 Å². The number of hydrogen-bond acceptors (Lipinski definition) is 2. The summed E-state index contributed by atoms with van der Waals surface area (Å²) in [6.45, 7) is 9.35. The summed E-state index contributed by atoms with van der Waals surface area (Å²) in [5.41, 5.74) is 0.189. The van der Waals surface area contributed by atoms with Crippen LogP contribution in [0.15, 0.2) is 0 Å². The van der Waals surface area contributed by atoms with E-state index >= 15 is 0 Å². The minimum absolute atomic E-state index is 0.0306. The molecule has 0 aromatic carbocycles. The van der Waals surface area contributed by atoms with Crippen molar-refractivity contribution in [2.75, 3.05) is 13.1 Å². The van der Waals surface area contributed by atoms with E-state index in [1.807, 2.05) is 6.92 Å². The summed E-state index contributed by atoms with van der Waals surface area (Å²) in [6, 6.07) is -0.304. The molecular weight excluding hydrogens is 216 g/mol. The van der Waals surface area contributed by atoms with E-state index in [0.29, 0.717) is 6.54 Å². The van der Waals surface area contributed by atoms with Gasteiger partial charge in [0.1, 0.15) is 6.04 Å². The van der Waals surface area contributed by atoms with Crippen molar-refractivity contribution in [1.82, 2.24) is 10.2 Å². The Morgan fingerprint density at radius 1 is 1.35 bits per heavy atom. The minimum Gasteiger partial charge on any atom is -0.343 e. The molecule has 0 saturated carbocycles. The van der Waals surface area contributed by atoms with Crippen LogP contribution in [0.4, 0.5) is 0 Å². The monoisotopic (exact) mass is 240 g/mol. The standard InChI is InChI=1S/C13H24N2O2/c1-5-6-10-12(17)15(9-11(16)14-10)8-7-13(2,3)4/h10H,5-9H2,1-4H3,(H,14,16). The Morgan fingerprint density at radius 2 is 2.00 bits per heavy atom. The minimum atomic E-state index is -0.304. The highest BCUT2D eigenvalue weighted by Crippen LogP contribution is 2.20. The lowest BCUT2D eigenvalue weighted by Crippen LogP contribution is -2.58. The second-order valence-corrected chi connectivity index (χ2v) is 5.98. The van der Waals surface area contributed by atoms with Crippen molar-refractivity contribution < 1.29 is 9.59 Å². The molecule has 1 aliphatic heterocycles. The van der Waals surface area contributed by atoms with Crippen molar-refractivity contribution in [2.45, 2.75) is 53.0 Å². The Balaban J connectivity index is 2.58. The first-order valence-electron chi connectivity index (χ1n) is 6.41. The van der Waals surface area contributed by atoms with Crippen molar-refractivity contribution in [2.24, 2.45) is 5.41 Å². The van der Waals surface area contributed by atoms with Gasteiger partial charge in [-0.05, 0) is 18.3 Å². The smallest absolute Gasteiger partial charge is 0.245 e. The van der Waals surface area contributed by atoms with Crippen LogP contribution in [0.5, 0.6) is 0 Å². The second kappa shape index (κ2) is 5.52. The predicted octanol–water partition coefficient (Wildman–Crippen LogP) is 1.55. The molecule has 1 N–H and O–H groups in total. The molecule has 0 spiro atoms. The van der Waals surface area contributed by atoms with Crippen molar-refractivity contribution in [3.63, 3.8) is 0 Å². The molecule has 1 heterocycles. The van der Waals surface area contributed by atoms with Crippen LogP contribution in [0.2, 0.25) is 0 Å². The fraction of sp³-hybridized carbons (Fsp3) is 0.846.